The Bertz CT molecular complexity index is 2200. The number of rotatable bonds is 11. The summed E-state index contributed by atoms with van der Waals surface area (Å²) in [5, 5.41) is 11.2. The number of benzene rings is 2. The molecule has 4 heterocycles. The number of nitrogens with zero attached hydrogens (tertiary/aromatic N) is 5. The normalized spacial score (nSPS) is 15.7. The predicted octanol–water partition coefficient (Wildman–Crippen LogP) is 0.668. The lowest BCUT2D eigenvalue weighted by Crippen LogP contribution is -2.67. The van der Waals surface area contributed by atoms with Gasteiger partial charge in [-0.1, -0.05) is 60.7 Å². The van der Waals surface area contributed by atoms with E-state index in [1.165, 1.54) is 12.3 Å². The van der Waals surface area contributed by atoms with Gasteiger partial charge in [0.15, 0.2) is 11.5 Å². The maximum Gasteiger partial charge on any atom is 0.405 e. The highest BCUT2D eigenvalue weighted by Gasteiger charge is 2.45. The second-order valence-corrected chi connectivity index (χ2v) is 12.7. The molecule has 0 bridgehead atoms. The van der Waals surface area contributed by atoms with Crippen molar-refractivity contribution in [3.05, 3.63) is 106 Å². The first-order valence-electron chi connectivity index (χ1n) is 15.1. The largest absolute Gasteiger partial charge is 0.485 e. The van der Waals surface area contributed by atoms with Gasteiger partial charge in [0.2, 0.25) is 0 Å². The highest BCUT2D eigenvalue weighted by Crippen LogP contribution is 2.29. The number of hydrogen-bond donors (Lipinski definition) is 4. The number of urea groups is 2. The smallest absolute Gasteiger partial charge is 0.405 e. The number of β-lactam (4-membered cyclic amide) rings is 1. The number of nitrogens with one attached hydrogen (secondary N) is 3. The molecule has 51 heavy (non-hydrogen) atoms. The summed E-state index contributed by atoms with van der Waals surface area (Å²) in [5.41, 5.74) is 2.68. The number of pyridine rings is 1. The molecule has 2 aromatic heterocycles. The lowest BCUT2D eigenvalue weighted by molar-refractivity contribution is -0.138. The topological polar surface area (TPSA) is 238 Å². The fourth-order valence-electron chi connectivity index (χ4n) is 5.04. The van der Waals surface area contributed by atoms with Crippen LogP contribution in [0.5, 0.6) is 11.5 Å². The molecule has 1 unspecified atom stereocenters. The first-order chi connectivity index (χ1) is 24.4. The minimum Gasteiger partial charge on any atom is -0.485 e. The van der Waals surface area contributed by atoms with Gasteiger partial charge in [-0.05, 0) is 11.1 Å². The van der Waals surface area contributed by atoms with E-state index in [4.69, 9.17) is 14.6 Å². The van der Waals surface area contributed by atoms with Gasteiger partial charge in [0.25, 0.3) is 17.4 Å². The third-order valence-corrected chi connectivity index (χ3v) is 9.03. The Balaban J connectivity index is 1.16. The van der Waals surface area contributed by atoms with E-state index in [-0.39, 0.29) is 41.2 Å². The van der Waals surface area contributed by atoms with Crippen LogP contribution in [-0.4, -0.2) is 92.8 Å². The number of carboxylic acid groups (broad SMARTS) is 1. The Morgan fingerprint density at radius 2 is 1.53 bits per heavy atom. The second-order valence-electron chi connectivity index (χ2n) is 11.1. The molecular weight excluding hydrogens is 692 g/mol. The quantitative estimate of drug-likeness (QED) is 0.156. The molecule has 4 N–H and O–H groups in total. The molecule has 6 rings (SSSR count). The number of carbonyl (C=O) groups excluding carboxylic acids is 4. The average Bonchev–Trinajstić information content (AvgIpc) is 3.48. The number of carbonyl (C=O) groups is 5. The van der Waals surface area contributed by atoms with Gasteiger partial charge in [-0.2, -0.15) is 8.42 Å². The van der Waals surface area contributed by atoms with Gasteiger partial charge < -0.3 is 19.9 Å². The van der Waals surface area contributed by atoms with Crippen molar-refractivity contribution in [3.8, 4) is 11.5 Å². The van der Waals surface area contributed by atoms with Crippen LogP contribution in [0.15, 0.2) is 83.9 Å². The van der Waals surface area contributed by atoms with Crippen molar-refractivity contribution in [2.75, 3.05) is 19.6 Å². The molecule has 4 aromatic rings. The van der Waals surface area contributed by atoms with E-state index >= 15 is 0 Å². The summed E-state index contributed by atoms with van der Waals surface area (Å²) in [6.07, 6.45) is 0.805. The van der Waals surface area contributed by atoms with Gasteiger partial charge in [0.05, 0.1) is 25.8 Å². The molecular formula is C31H28N8O11S. The molecule has 2 aliphatic rings. The Hall–Kier alpha value is -6.70. The molecule has 20 heteroatoms. The first-order valence-corrected chi connectivity index (χ1v) is 16.5. The van der Waals surface area contributed by atoms with Gasteiger partial charge in [0, 0.05) is 12.3 Å². The summed E-state index contributed by atoms with van der Waals surface area (Å²) in [6, 6.07) is 16.2. The van der Waals surface area contributed by atoms with Crippen molar-refractivity contribution >= 4 is 45.8 Å². The van der Waals surface area contributed by atoms with E-state index in [9.17, 15) is 37.2 Å². The summed E-state index contributed by atoms with van der Waals surface area (Å²) >= 11 is 0. The standard InChI is InChI=1S/C31H28N8O11S/c40-26(34-38-11-12-39(31(38)46)51(47,48)35-29(43)37-15-22(28(37)42)33-30(44)45)21-14-32-25-13-23(49-17-19-7-3-1-4-8-19)24(16-36(25)27(21)41)50-18-20-9-5-2-6-10-20/h1-10,13-14,16,22,33H,11-12,15,17-18H2,(H,34,40)(H,35,43)(H,44,45). The zero-order valence-electron chi connectivity index (χ0n) is 26.3. The lowest BCUT2D eigenvalue weighted by Gasteiger charge is -2.36. The van der Waals surface area contributed by atoms with Gasteiger partial charge >= 0.3 is 28.4 Å². The van der Waals surface area contributed by atoms with Gasteiger partial charge in [-0.25, -0.2) is 33.4 Å². The van der Waals surface area contributed by atoms with E-state index in [2.05, 4.69) is 10.4 Å². The van der Waals surface area contributed by atoms with E-state index in [1.807, 2.05) is 66.0 Å². The maximum atomic E-state index is 13.5. The molecule has 19 nitrogen and oxygen atoms in total. The molecule has 1 atom stereocenters. The molecule has 2 aromatic carbocycles. The molecule has 0 radical (unpaired) electrons. The Morgan fingerprint density at radius 3 is 2.14 bits per heavy atom. The van der Waals surface area contributed by atoms with Crippen LogP contribution in [0, 0.1) is 0 Å². The zero-order valence-corrected chi connectivity index (χ0v) is 27.1. The van der Waals surface area contributed by atoms with Crippen LogP contribution in [0.1, 0.15) is 21.5 Å². The summed E-state index contributed by atoms with van der Waals surface area (Å²) in [6.45, 7) is -0.994. The van der Waals surface area contributed by atoms with Crippen LogP contribution in [0.2, 0.25) is 0 Å². The minimum absolute atomic E-state index is 0.114. The van der Waals surface area contributed by atoms with E-state index in [0.717, 1.165) is 21.7 Å². The molecule has 2 fully saturated rings. The van der Waals surface area contributed by atoms with Crippen LogP contribution < -0.4 is 30.5 Å². The van der Waals surface area contributed by atoms with Gasteiger partial charge in [-0.3, -0.25) is 29.1 Å². The van der Waals surface area contributed by atoms with Crippen molar-refractivity contribution < 1.29 is 47.0 Å². The van der Waals surface area contributed by atoms with Crippen LogP contribution in [0.3, 0.4) is 0 Å². The molecule has 0 spiro atoms. The Morgan fingerprint density at radius 1 is 0.902 bits per heavy atom. The van der Waals surface area contributed by atoms with Crippen molar-refractivity contribution in [1.82, 2.24) is 39.1 Å². The Kier molecular flexibility index (Phi) is 9.40. The average molecular weight is 721 g/mol. The highest BCUT2D eigenvalue weighted by molar-refractivity contribution is 7.88. The van der Waals surface area contributed by atoms with E-state index in [1.54, 1.807) is 4.72 Å². The van der Waals surface area contributed by atoms with Crippen LogP contribution in [-0.2, 0) is 28.2 Å². The first kappa shape index (κ1) is 34.2. The van der Waals surface area contributed by atoms with E-state index in [0.29, 0.717) is 9.91 Å². The number of hydrogen-bond acceptors (Lipinski definition) is 11. The van der Waals surface area contributed by atoms with Crippen molar-refractivity contribution in [2.24, 2.45) is 0 Å². The van der Waals surface area contributed by atoms with Gasteiger partial charge in [-0.15, -0.1) is 0 Å². The number of amides is 7. The summed E-state index contributed by atoms with van der Waals surface area (Å²) < 4.78 is 40.5. The molecule has 2 saturated heterocycles. The maximum absolute atomic E-state index is 13.5. The second kappa shape index (κ2) is 14.0. The van der Waals surface area contributed by atoms with E-state index < -0.39 is 70.4 Å². The summed E-state index contributed by atoms with van der Waals surface area (Å²) in [4.78, 5) is 79.4. The van der Waals surface area contributed by atoms with Crippen molar-refractivity contribution in [1.29, 1.82) is 0 Å². The number of hydrazine groups is 1. The van der Waals surface area contributed by atoms with Crippen LogP contribution in [0.4, 0.5) is 14.4 Å². The fourth-order valence-corrected chi connectivity index (χ4v) is 6.11. The molecule has 264 valence electrons. The third kappa shape index (κ3) is 7.34. The molecule has 7 amide bonds. The SMILES string of the molecule is O=C(O)NC1CN(C(=O)NS(=O)(=O)N2CCN(NC(=O)c3cnc4cc(OCc5ccccc5)c(OCc5ccccc5)cn4c3=O)C2=O)C1=O. The van der Waals surface area contributed by atoms with Crippen molar-refractivity contribution in [3.63, 3.8) is 0 Å². The zero-order chi connectivity index (χ0) is 36.3. The predicted molar refractivity (Wildman–Crippen MR) is 173 cm³/mol. The molecule has 0 saturated carbocycles. The van der Waals surface area contributed by atoms with Crippen LogP contribution >= 0.6 is 0 Å². The molecule has 0 aliphatic carbocycles. The third-order valence-electron chi connectivity index (χ3n) is 7.68. The fraction of sp³-hybridized carbons (Fsp3) is 0.194. The highest BCUT2D eigenvalue weighted by atomic mass is 32.2. The summed E-state index contributed by atoms with van der Waals surface area (Å²) in [5.74, 6) is -1.62. The monoisotopic (exact) mass is 720 g/mol. The number of aromatic nitrogens is 2. The minimum atomic E-state index is -4.86. The number of likely N-dealkylation sites (tertiary alicyclic amines) is 1. The number of fused-ring (bicyclic) bond motifs is 1. The van der Waals surface area contributed by atoms with Crippen LogP contribution in [0.25, 0.3) is 5.65 Å². The number of imide groups is 1. The van der Waals surface area contributed by atoms with Gasteiger partial charge in [0.1, 0.15) is 30.5 Å². The molecule has 2 aliphatic heterocycles. The Labute approximate surface area is 288 Å². The number of ether oxygens (including phenoxy) is 2. The lowest BCUT2D eigenvalue weighted by atomic mass is 10.1. The summed E-state index contributed by atoms with van der Waals surface area (Å²) in [7, 11) is -4.86. The van der Waals surface area contributed by atoms with Crippen molar-refractivity contribution in [2.45, 2.75) is 19.3 Å².